The van der Waals surface area contributed by atoms with Crippen molar-refractivity contribution in [2.75, 3.05) is 0 Å². The third-order valence-electron chi connectivity index (χ3n) is 4.61. The van der Waals surface area contributed by atoms with E-state index in [1.807, 2.05) is 12.1 Å². The van der Waals surface area contributed by atoms with E-state index in [4.69, 9.17) is 0 Å². The van der Waals surface area contributed by atoms with E-state index >= 15 is 0 Å². The van der Waals surface area contributed by atoms with Crippen LogP contribution in [0.3, 0.4) is 0 Å². The van der Waals surface area contributed by atoms with Gasteiger partial charge in [-0.1, -0.05) is 37.1 Å². The van der Waals surface area contributed by atoms with Crippen LogP contribution in [-0.2, 0) is 17.6 Å². The summed E-state index contributed by atoms with van der Waals surface area (Å²) in [6.45, 7) is 0. The predicted molar refractivity (Wildman–Crippen MR) is 78.1 cm³/mol. The molecule has 0 heterocycles. The number of amides is 2. The Morgan fingerprint density at radius 2 is 1.67 bits per heavy atom. The van der Waals surface area contributed by atoms with Crippen LogP contribution >= 0.6 is 0 Å². The van der Waals surface area contributed by atoms with Crippen molar-refractivity contribution in [3.05, 3.63) is 35.4 Å². The van der Waals surface area contributed by atoms with Gasteiger partial charge in [0.25, 0.3) is 0 Å². The monoisotopic (exact) mass is 288 g/mol. The second-order valence-corrected chi connectivity index (χ2v) is 6.07. The number of carbonyl (C=O) groups excluding carboxylic acids is 1. The molecule has 3 rings (SSSR count). The molecule has 5 heteroatoms. The molecule has 2 aliphatic carbocycles. The highest BCUT2D eigenvalue weighted by Crippen LogP contribution is 2.30. The molecule has 1 fully saturated rings. The highest BCUT2D eigenvalue weighted by Gasteiger charge is 2.42. The van der Waals surface area contributed by atoms with Crippen molar-refractivity contribution in [1.29, 1.82) is 0 Å². The molecule has 2 aliphatic rings. The van der Waals surface area contributed by atoms with Crippen LogP contribution in [0, 0.1) is 0 Å². The molecule has 3 N–H and O–H groups in total. The first-order valence-electron chi connectivity index (χ1n) is 7.48. The third kappa shape index (κ3) is 2.73. The highest BCUT2D eigenvalue weighted by molar-refractivity contribution is 5.86. The maximum absolute atomic E-state index is 12.1. The molecular weight excluding hydrogens is 268 g/mol. The van der Waals surface area contributed by atoms with Crippen LogP contribution in [0.15, 0.2) is 24.3 Å². The highest BCUT2D eigenvalue weighted by atomic mass is 16.4. The van der Waals surface area contributed by atoms with Crippen LogP contribution in [0.2, 0.25) is 0 Å². The van der Waals surface area contributed by atoms with Crippen molar-refractivity contribution in [3.8, 4) is 0 Å². The Balaban J connectivity index is 1.59. The number of fused-ring (bicyclic) bond motifs is 1. The van der Waals surface area contributed by atoms with Gasteiger partial charge in [0.05, 0.1) is 0 Å². The van der Waals surface area contributed by atoms with Gasteiger partial charge >= 0.3 is 12.0 Å². The number of carbonyl (C=O) groups is 2. The molecule has 1 aromatic rings. The van der Waals surface area contributed by atoms with Crippen molar-refractivity contribution in [3.63, 3.8) is 0 Å². The van der Waals surface area contributed by atoms with Crippen LogP contribution in [0.25, 0.3) is 0 Å². The molecule has 112 valence electrons. The van der Waals surface area contributed by atoms with E-state index in [-0.39, 0.29) is 12.1 Å². The van der Waals surface area contributed by atoms with Gasteiger partial charge in [-0.2, -0.15) is 0 Å². The zero-order valence-corrected chi connectivity index (χ0v) is 11.9. The van der Waals surface area contributed by atoms with Crippen molar-refractivity contribution < 1.29 is 14.7 Å². The molecule has 0 aliphatic heterocycles. The molecule has 1 aromatic carbocycles. The molecule has 0 saturated heterocycles. The normalized spacial score (nSPS) is 20.0. The average Bonchev–Trinajstić information content (AvgIpc) is 3.05. The summed E-state index contributed by atoms with van der Waals surface area (Å²) in [6.07, 6.45) is 4.34. The van der Waals surface area contributed by atoms with Crippen LogP contribution in [0.5, 0.6) is 0 Å². The standard InChI is InChI=1S/C16H20N2O3/c19-14(20)16(7-3-4-8-16)18-15(21)17-13-9-11-5-1-2-6-12(11)10-13/h1-2,5-6,13H,3-4,7-10H2,(H,19,20)(H2,17,18,21). The fourth-order valence-corrected chi connectivity index (χ4v) is 3.47. The minimum absolute atomic E-state index is 0.0506. The summed E-state index contributed by atoms with van der Waals surface area (Å²) in [4.78, 5) is 23.6. The van der Waals surface area contributed by atoms with Crippen LogP contribution in [0.4, 0.5) is 4.79 Å². The molecule has 0 atom stereocenters. The lowest BCUT2D eigenvalue weighted by Crippen LogP contribution is -2.57. The molecule has 0 unspecified atom stereocenters. The second-order valence-electron chi connectivity index (χ2n) is 6.07. The lowest BCUT2D eigenvalue weighted by Gasteiger charge is -2.26. The van der Waals surface area contributed by atoms with E-state index in [0.717, 1.165) is 25.7 Å². The number of rotatable bonds is 3. The minimum Gasteiger partial charge on any atom is -0.480 e. The minimum atomic E-state index is -1.07. The van der Waals surface area contributed by atoms with Crippen molar-refractivity contribution in [2.24, 2.45) is 0 Å². The zero-order chi connectivity index (χ0) is 14.9. The van der Waals surface area contributed by atoms with E-state index in [0.29, 0.717) is 12.8 Å². The van der Waals surface area contributed by atoms with Gasteiger partial charge in [-0.25, -0.2) is 9.59 Å². The van der Waals surface area contributed by atoms with E-state index in [2.05, 4.69) is 22.8 Å². The molecule has 0 bridgehead atoms. The molecule has 2 amide bonds. The number of hydrogen-bond donors (Lipinski definition) is 3. The Hall–Kier alpha value is -2.04. The SMILES string of the molecule is O=C(NC1Cc2ccccc2C1)NC1(C(=O)O)CCCC1. The number of urea groups is 1. The van der Waals surface area contributed by atoms with Crippen molar-refractivity contribution in [1.82, 2.24) is 10.6 Å². The Morgan fingerprint density at radius 3 is 2.19 bits per heavy atom. The second kappa shape index (κ2) is 5.39. The topological polar surface area (TPSA) is 78.4 Å². The van der Waals surface area contributed by atoms with Gasteiger partial charge < -0.3 is 15.7 Å². The summed E-state index contributed by atoms with van der Waals surface area (Å²) in [5.41, 5.74) is 1.45. The number of carboxylic acid groups (broad SMARTS) is 1. The fraction of sp³-hybridized carbons (Fsp3) is 0.500. The third-order valence-corrected chi connectivity index (χ3v) is 4.61. The first-order valence-corrected chi connectivity index (χ1v) is 7.48. The van der Waals surface area contributed by atoms with Crippen molar-refractivity contribution in [2.45, 2.75) is 50.1 Å². The number of nitrogens with one attached hydrogen (secondary N) is 2. The molecule has 5 nitrogen and oxygen atoms in total. The maximum Gasteiger partial charge on any atom is 0.329 e. The lowest BCUT2D eigenvalue weighted by atomic mass is 9.98. The number of aliphatic carboxylic acids is 1. The summed E-state index contributed by atoms with van der Waals surface area (Å²) < 4.78 is 0. The predicted octanol–water partition coefficient (Wildman–Crippen LogP) is 1.85. The lowest BCUT2D eigenvalue weighted by molar-refractivity contribution is -0.144. The Morgan fingerprint density at radius 1 is 1.10 bits per heavy atom. The summed E-state index contributed by atoms with van der Waals surface area (Å²) in [7, 11) is 0. The molecular formula is C16H20N2O3. The quantitative estimate of drug-likeness (QED) is 0.794. The molecule has 0 spiro atoms. The molecule has 0 aromatic heterocycles. The van der Waals surface area contributed by atoms with Gasteiger partial charge in [0.15, 0.2) is 0 Å². The van der Waals surface area contributed by atoms with Gasteiger partial charge in [-0.05, 0) is 36.8 Å². The number of carboxylic acids is 1. The maximum atomic E-state index is 12.1. The number of hydrogen-bond acceptors (Lipinski definition) is 2. The van der Waals surface area contributed by atoms with E-state index < -0.39 is 11.5 Å². The smallest absolute Gasteiger partial charge is 0.329 e. The van der Waals surface area contributed by atoms with E-state index in [1.165, 1.54) is 11.1 Å². The first-order chi connectivity index (χ1) is 10.1. The average molecular weight is 288 g/mol. The number of benzene rings is 1. The Bertz CT molecular complexity index is 539. The zero-order valence-electron chi connectivity index (χ0n) is 11.9. The largest absolute Gasteiger partial charge is 0.480 e. The Labute approximate surface area is 123 Å². The van der Waals surface area contributed by atoms with E-state index in [9.17, 15) is 14.7 Å². The summed E-state index contributed by atoms with van der Waals surface area (Å²) in [5, 5.41) is 15.0. The molecule has 0 radical (unpaired) electrons. The fourth-order valence-electron chi connectivity index (χ4n) is 3.47. The van der Waals surface area contributed by atoms with Crippen LogP contribution < -0.4 is 10.6 Å². The van der Waals surface area contributed by atoms with Gasteiger partial charge in [0, 0.05) is 6.04 Å². The molecule has 21 heavy (non-hydrogen) atoms. The van der Waals surface area contributed by atoms with Gasteiger partial charge in [0.2, 0.25) is 0 Å². The first kappa shape index (κ1) is 13.9. The van der Waals surface area contributed by atoms with Crippen LogP contribution in [0.1, 0.15) is 36.8 Å². The van der Waals surface area contributed by atoms with Crippen molar-refractivity contribution >= 4 is 12.0 Å². The summed E-state index contributed by atoms with van der Waals surface area (Å²) in [5.74, 6) is -0.926. The molecule has 1 saturated carbocycles. The van der Waals surface area contributed by atoms with Gasteiger partial charge in [-0.3, -0.25) is 0 Å². The van der Waals surface area contributed by atoms with Crippen LogP contribution in [-0.4, -0.2) is 28.7 Å². The van der Waals surface area contributed by atoms with Gasteiger partial charge in [0.1, 0.15) is 5.54 Å². The Kier molecular flexibility index (Phi) is 3.57. The van der Waals surface area contributed by atoms with E-state index in [1.54, 1.807) is 0 Å². The summed E-state index contributed by atoms with van der Waals surface area (Å²) >= 11 is 0. The summed E-state index contributed by atoms with van der Waals surface area (Å²) in [6, 6.07) is 7.83. The van der Waals surface area contributed by atoms with Gasteiger partial charge in [-0.15, -0.1) is 0 Å².